The minimum Gasteiger partial charge on any atom is -0.467 e. The molecule has 1 unspecified atom stereocenters. The number of methoxy groups -OCH3 is 1. The van der Waals surface area contributed by atoms with Crippen molar-refractivity contribution in [2.24, 2.45) is 0 Å². The Hall–Kier alpha value is -1.35. The number of nitrogens with one attached hydrogen (secondary N) is 1. The molecule has 1 atom stereocenters. The van der Waals surface area contributed by atoms with Crippen molar-refractivity contribution < 1.29 is 17.9 Å². The van der Waals surface area contributed by atoms with Gasteiger partial charge < -0.3 is 10.1 Å². The molecule has 0 aromatic carbocycles. The van der Waals surface area contributed by atoms with E-state index in [1.54, 1.807) is 18.7 Å². The Morgan fingerprint density at radius 2 is 2.14 bits per heavy atom. The maximum atomic E-state index is 11.9. The lowest BCUT2D eigenvalue weighted by Gasteiger charge is -2.18. The van der Waals surface area contributed by atoms with E-state index in [0.717, 1.165) is 5.75 Å². The Balaban J connectivity index is 2.30. The first-order valence-electron chi connectivity index (χ1n) is 6.76. The molecule has 7 nitrogen and oxygen atoms in total. The maximum absolute atomic E-state index is 11.9. The van der Waals surface area contributed by atoms with Gasteiger partial charge in [-0.2, -0.15) is 11.8 Å². The third-order valence-electron chi connectivity index (χ3n) is 3.33. The number of aryl methyl sites for hydroxylation is 1. The Kier molecular flexibility index (Phi) is 5.28. The van der Waals surface area contributed by atoms with Gasteiger partial charge in [0, 0.05) is 5.56 Å². The van der Waals surface area contributed by atoms with Crippen LogP contribution in [0.15, 0.2) is 0 Å². The van der Waals surface area contributed by atoms with Crippen LogP contribution in [0.25, 0.3) is 0 Å². The molecule has 1 aromatic rings. The van der Waals surface area contributed by atoms with E-state index in [-0.39, 0.29) is 17.5 Å². The third-order valence-corrected chi connectivity index (χ3v) is 5.42. The monoisotopic (exact) mass is 345 g/mol. The number of hydrogen-bond acceptors (Lipinski definition) is 8. The molecule has 0 aliphatic carbocycles. The standard InChI is InChI=1S/C13H19N3O4S2/c1-8-14-11-7-22(18,19)6-9(11)12(15-8)16-10(4-5-21-3)13(17)20-2/h10H,4-7H2,1-3H3,(H,14,15,16). The normalized spacial score (nSPS) is 16.9. The molecule has 1 aliphatic rings. The molecular weight excluding hydrogens is 326 g/mol. The number of fused-ring (bicyclic) bond motifs is 1. The van der Waals surface area contributed by atoms with Gasteiger partial charge in [-0.25, -0.2) is 23.2 Å². The molecule has 122 valence electrons. The number of anilines is 1. The second-order valence-corrected chi connectivity index (χ2v) is 8.13. The van der Waals surface area contributed by atoms with E-state index in [4.69, 9.17) is 4.74 Å². The minimum atomic E-state index is -3.19. The van der Waals surface area contributed by atoms with Crippen LogP contribution in [0.2, 0.25) is 0 Å². The molecule has 0 saturated heterocycles. The van der Waals surface area contributed by atoms with Crippen LogP contribution in [0.4, 0.5) is 5.82 Å². The van der Waals surface area contributed by atoms with E-state index < -0.39 is 15.9 Å². The lowest BCUT2D eigenvalue weighted by molar-refractivity contribution is -0.141. The summed E-state index contributed by atoms with van der Waals surface area (Å²) in [5, 5.41) is 3.04. The van der Waals surface area contributed by atoms with Gasteiger partial charge in [0.2, 0.25) is 0 Å². The number of aromatic nitrogens is 2. The third kappa shape index (κ3) is 3.89. The van der Waals surface area contributed by atoms with Gasteiger partial charge in [0.15, 0.2) is 9.84 Å². The second kappa shape index (κ2) is 6.82. The molecule has 0 amide bonds. The van der Waals surface area contributed by atoms with Crippen molar-refractivity contribution >= 4 is 33.4 Å². The second-order valence-electron chi connectivity index (χ2n) is 5.08. The molecule has 1 aromatic heterocycles. The fraction of sp³-hybridized carbons (Fsp3) is 0.615. The molecule has 0 bridgehead atoms. The van der Waals surface area contributed by atoms with Gasteiger partial charge in [-0.1, -0.05) is 0 Å². The van der Waals surface area contributed by atoms with Crippen molar-refractivity contribution in [3.8, 4) is 0 Å². The van der Waals surface area contributed by atoms with Crippen LogP contribution in [0.1, 0.15) is 23.5 Å². The number of rotatable bonds is 6. The first-order valence-corrected chi connectivity index (χ1v) is 9.98. The topological polar surface area (TPSA) is 98.2 Å². The van der Waals surface area contributed by atoms with E-state index in [1.807, 2.05) is 6.26 Å². The molecule has 0 radical (unpaired) electrons. The lowest BCUT2D eigenvalue weighted by Crippen LogP contribution is -2.32. The van der Waals surface area contributed by atoms with Crippen LogP contribution in [0.5, 0.6) is 0 Å². The van der Waals surface area contributed by atoms with Crippen LogP contribution in [-0.4, -0.2) is 49.5 Å². The summed E-state index contributed by atoms with van der Waals surface area (Å²) in [5.74, 6) is 1.11. The van der Waals surface area contributed by atoms with Gasteiger partial charge in [-0.05, 0) is 25.4 Å². The number of esters is 1. The van der Waals surface area contributed by atoms with Crippen LogP contribution in [0.3, 0.4) is 0 Å². The van der Waals surface area contributed by atoms with Gasteiger partial charge in [0.05, 0.1) is 24.3 Å². The number of carbonyl (C=O) groups excluding carboxylic acids is 1. The highest BCUT2D eigenvalue weighted by molar-refractivity contribution is 7.98. The first kappa shape index (κ1) is 17.0. The van der Waals surface area contributed by atoms with Crippen LogP contribution < -0.4 is 5.32 Å². The summed E-state index contributed by atoms with van der Waals surface area (Å²) >= 11 is 1.62. The summed E-state index contributed by atoms with van der Waals surface area (Å²) < 4.78 is 28.4. The summed E-state index contributed by atoms with van der Waals surface area (Å²) in [6, 6.07) is -0.556. The Labute approximate surface area is 134 Å². The zero-order chi connectivity index (χ0) is 16.3. The van der Waals surface area contributed by atoms with Crippen molar-refractivity contribution in [2.45, 2.75) is 30.9 Å². The predicted octanol–water partition coefficient (Wildman–Crippen LogP) is 0.920. The van der Waals surface area contributed by atoms with Crippen LogP contribution in [0, 0.1) is 6.92 Å². The number of carbonyl (C=O) groups is 1. The molecule has 2 heterocycles. The quantitative estimate of drug-likeness (QED) is 0.760. The average molecular weight is 345 g/mol. The molecule has 2 rings (SSSR count). The fourth-order valence-corrected chi connectivity index (χ4v) is 4.29. The number of hydrogen-bond donors (Lipinski definition) is 1. The molecule has 0 spiro atoms. The largest absolute Gasteiger partial charge is 0.467 e. The van der Waals surface area contributed by atoms with Crippen molar-refractivity contribution in [3.63, 3.8) is 0 Å². The van der Waals surface area contributed by atoms with Gasteiger partial charge in [-0.15, -0.1) is 0 Å². The first-order chi connectivity index (χ1) is 10.4. The van der Waals surface area contributed by atoms with Gasteiger partial charge in [0.1, 0.15) is 17.7 Å². The van der Waals surface area contributed by atoms with Gasteiger partial charge >= 0.3 is 5.97 Å². The number of thioether (sulfide) groups is 1. The fourth-order valence-electron chi connectivity index (χ4n) is 2.32. The van der Waals surface area contributed by atoms with Crippen LogP contribution >= 0.6 is 11.8 Å². The zero-order valence-corrected chi connectivity index (χ0v) is 14.4. The summed E-state index contributed by atoms with van der Waals surface area (Å²) in [4.78, 5) is 20.3. The Morgan fingerprint density at radius 3 is 2.77 bits per heavy atom. The molecular formula is C13H19N3O4S2. The average Bonchev–Trinajstić information content (AvgIpc) is 2.76. The lowest BCUT2D eigenvalue weighted by atomic mass is 10.2. The number of ether oxygens (including phenoxy) is 1. The van der Waals surface area contributed by atoms with E-state index in [0.29, 0.717) is 29.3 Å². The Morgan fingerprint density at radius 1 is 1.41 bits per heavy atom. The summed E-state index contributed by atoms with van der Waals surface area (Å²) in [5.41, 5.74) is 1.08. The van der Waals surface area contributed by atoms with E-state index in [1.165, 1.54) is 7.11 Å². The molecule has 0 fully saturated rings. The van der Waals surface area contributed by atoms with Crippen molar-refractivity contribution in [2.75, 3.05) is 24.4 Å². The number of nitrogens with zero attached hydrogens (tertiary/aromatic N) is 2. The zero-order valence-electron chi connectivity index (χ0n) is 12.7. The highest BCUT2D eigenvalue weighted by atomic mass is 32.2. The van der Waals surface area contributed by atoms with Crippen LogP contribution in [-0.2, 0) is 30.9 Å². The number of sulfone groups is 1. The summed E-state index contributed by atoms with van der Waals surface area (Å²) in [7, 11) is -1.86. The van der Waals surface area contributed by atoms with E-state index in [2.05, 4.69) is 15.3 Å². The highest BCUT2D eigenvalue weighted by Gasteiger charge is 2.31. The van der Waals surface area contributed by atoms with E-state index >= 15 is 0 Å². The maximum Gasteiger partial charge on any atom is 0.328 e. The smallest absolute Gasteiger partial charge is 0.328 e. The summed E-state index contributed by atoms with van der Waals surface area (Å²) in [6.45, 7) is 1.70. The van der Waals surface area contributed by atoms with E-state index in [9.17, 15) is 13.2 Å². The van der Waals surface area contributed by atoms with Crippen molar-refractivity contribution in [3.05, 3.63) is 17.1 Å². The predicted molar refractivity (Wildman–Crippen MR) is 85.5 cm³/mol. The molecule has 1 N–H and O–H groups in total. The molecule has 1 aliphatic heterocycles. The molecule has 22 heavy (non-hydrogen) atoms. The summed E-state index contributed by atoms with van der Waals surface area (Å²) in [6.07, 6.45) is 2.52. The SMILES string of the molecule is COC(=O)C(CCSC)Nc1nc(C)nc2c1CS(=O)(=O)C2. The van der Waals surface area contributed by atoms with Crippen molar-refractivity contribution in [1.82, 2.24) is 9.97 Å². The van der Waals surface area contributed by atoms with Gasteiger partial charge in [-0.3, -0.25) is 0 Å². The van der Waals surface area contributed by atoms with Crippen molar-refractivity contribution in [1.29, 1.82) is 0 Å². The molecule has 0 saturated carbocycles. The Bertz CT molecular complexity index is 676. The minimum absolute atomic E-state index is 0.0753. The highest BCUT2D eigenvalue weighted by Crippen LogP contribution is 2.29. The molecule has 9 heteroatoms. The van der Waals surface area contributed by atoms with Gasteiger partial charge in [0.25, 0.3) is 0 Å².